The maximum Gasteiger partial charge on any atom is 0.243 e. The molecule has 0 saturated carbocycles. The number of nitrogens with zero attached hydrogens (tertiary/aromatic N) is 4. The van der Waals surface area contributed by atoms with E-state index in [2.05, 4.69) is 20.1 Å². The van der Waals surface area contributed by atoms with E-state index in [1.807, 2.05) is 24.3 Å². The highest BCUT2D eigenvalue weighted by molar-refractivity contribution is 6.33. The molecule has 1 amide bonds. The molecule has 1 aliphatic heterocycles. The first-order chi connectivity index (χ1) is 12.5. The predicted octanol–water partition coefficient (Wildman–Crippen LogP) is 1.14. The van der Waals surface area contributed by atoms with Crippen LogP contribution in [-0.4, -0.2) is 88.7 Å². The van der Waals surface area contributed by atoms with Crippen molar-refractivity contribution in [3.8, 4) is 0 Å². The number of amides is 1. The summed E-state index contributed by atoms with van der Waals surface area (Å²) in [6, 6.07) is 7.89. The van der Waals surface area contributed by atoms with Gasteiger partial charge in [-0.15, -0.1) is 0 Å². The zero-order valence-corrected chi connectivity index (χ0v) is 16.5. The molecule has 1 heterocycles. The third kappa shape index (κ3) is 5.78. The van der Waals surface area contributed by atoms with Crippen molar-refractivity contribution in [2.45, 2.75) is 0 Å². The highest BCUT2D eigenvalue weighted by Gasteiger charge is 2.21. The zero-order chi connectivity index (χ0) is 18.9. The van der Waals surface area contributed by atoms with E-state index in [4.69, 9.17) is 16.3 Å². The van der Waals surface area contributed by atoms with E-state index >= 15 is 0 Å². The normalized spacial score (nSPS) is 15.2. The predicted molar refractivity (Wildman–Crippen MR) is 106 cm³/mol. The van der Waals surface area contributed by atoms with Gasteiger partial charge in [-0.25, -0.2) is 4.99 Å². The minimum Gasteiger partial charge on any atom is -0.383 e. The highest BCUT2D eigenvalue weighted by atomic mass is 35.5. The van der Waals surface area contributed by atoms with Gasteiger partial charge in [0.05, 0.1) is 17.3 Å². The number of likely N-dealkylation sites (N-methyl/N-ethyl adjacent to an activating group) is 1. The van der Waals surface area contributed by atoms with E-state index < -0.39 is 0 Å². The second kappa shape index (κ2) is 10.2. The van der Waals surface area contributed by atoms with Crippen LogP contribution in [0.2, 0.25) is 5.02 Å². The van der Waals surface area contributed by atoms with Crippen LogP contribution in [0, 0.1) is 0 Å². The number of aliphatic imine (C=N–C) groups is 1. The van der Waals surface area contributed by atoms with Crippen LogP contribution in [0.15, 0.2) is 29.3 Å². The molecule has 7 nitrogen and oxygen atoms in total. The topological polar surface area (TPSA) is 60.4 Å². The van der Waals surface area contributed by atoms with Crippen molar-refractivity contribution in [2.75, 3.05) is 72.0 Å². The highest BCUT2D eigenvalue weighted by Crippen LogP contribution is 2.25. The summed E-state index contributed by atoms with van der Waals surface area (Å²) in [7, 11) is 5.13. The van der Waals surface area contributed by atoms with Crippen molar-refractivity contribution in [2.24, 2.45) is 4.99 Å². The quantitative estimate of drug-likeness (QED) is 0.455. The van der Waals surface area contributed by atoms with E-state index in [1.165, 1.54) is 0 Å². The summed E-state index contributed by atoms with van der Waals surface area (Å²) in [5, 5.41) is 4.05. The van der Waals surface area contributed by atoms with Gasteiger partial charge < -0.3 is 24.8 Å². The average Bonchev–Trinajstić information content (AvgIpc) is 2.65. The van der Waals surface area contributed by atoms with Gasteiger partial charge in [0.15, 0.2) is 5.96 Å². The molecule has 8 heteroatoms. The third-order valence-electron chi connectivity index (χ3n) is 4.22. The number of rotatable bonds is 6. The Balaban J connectivity index is 1.99. The van der Waals surface area contributed by atoms with Crippen LogP contribution in [0.5, 0.6) is 0 Å². The number of hydrogen-bond donors (Lipinski definition) is 1. The summed E-state index contributed by atoms with van der Waals surface area (Å²) in [6.45, 7) is 4.66. The monoisotopic (exact) mass is 381 g/mol. The van der Waals surface area contributed by atoms with Gasteiger partial charge in [0.25, 0.3) is 0 Å². The lowest BCUT2D eigenvalue weighted by molar-refractivity contribution is -0.127. The molecule has 0 bridgehead atoms. The molecule has 1 fully saturated rings. The molecule has 0 spiro atoms. The largest absolute Gasteiger partial charge is 0.383 e. The van der Waals surface area contributed by atoms with Gasteiger partial charge in [-0.3, -0.25) is 4.79 Å². The van der Waals surface area contributed by atoms with Crippen molar-refractivity contribution in [1.82, 2.24) is 15.1 Å². The molecule has 26 heavy (non-hydrogen) atoms. The number of nitrogens with one attached hydrogen (secondary N) is 1. The summed E-state index contributed by atoms with van der Waals surface area (Å²) in [4.78, 5) is 22.3. The van der Waals surface area contributed by atoms with Gasteiger partial charge in [0.1, 0.15) is 6.54 Å². The first-order valence-electron chi connectivity index (χ1n) is 8.74. The Morgan fingerprint density at radius 1 is 1.27 bits per heavy atom. The third-order valence-corrected chi connectivity index (χ3v) is 4.54. The molecule has 0 unspecified atom stereocenters. The summed E-state index contributed by atoms with van der Waals surface area (Å²) < 4.78 is 5.10. The second-order valence-corrected chi connectivity index (χ2v) is 6.68. The number of guanidine groups is 1. The van der Waals surface area contributed by atoms with Gasteiger partial charge in [-0.05, 0) is 12.1 Å². The van der Waals surface area contributed by atoms with Crippen LogP contribution in [0.25, 0.3) is 0 Å². The fraction of sp³-hybridized carbons (Fsp3) is 0.556. The van der Waals surface area contributed by atoms with Crippen LogP contribution in [0.1, 0.15) is 0 Å². The molecule has 0 atom stereocenters. The van der Waals surface area contributed by atoms with Gasteiger partial charge >= 0.3 is 0 Å². The van der Waals surface area contributed by atoms with E-state index in [9.17, 15) is 4.79 Å². The molecular formula is C18H28ClN5O2. The number of benzene rings is 1. The van der Waals surface area contributed by atoms with Gasteiger partial charge in [0, 0.05) is 53.9 Å². The Morgan fingerprint density at radius 2 is 1.96 bits per heavy atom. The summed E-state index contributed by atoms with van der Waals surface area (Å²) in [5.74, 6) is 0.724. The first-order valence-corrected chi connectivity index (χ1v) is 9.12. The number of piperazine rings is 1. The van der Waals surface area contributed by atoms with E-state index in [0.29, 0.717) is 13.2 Å². The second-order valence-electron chi connectivity index (χ2n) is 6.27. The van der Waals surface area contributed by atoms with Crippen molar-refractivity contribution in [1.29, 1.82) is 0 Å². The number of carbonyl (C=O) groups excluding carboxylic acids is 1. The van der Waals surface area contributed by atoms with Crippen LogP contribution in [-0.2, 0) is 9.53 Å². The summed E-state index contributed by atoms with van der Waals surface area (Å²) >= 11 is 6.31. The molecule has 0 radical (unpaired) electrons. The molecule has 1 aromatic rings. The minimum atomic E-state index is -0.0225. The van der Waals surface area contributed by atoms with Gasteiger partial charge in [-0.2, -0.15) is 0 Å². The molecule has 1 saturated heterocycles. The summed E-state index contributed by atoms with van der Waals surface area (Å²) in [5.41, 5.74) is 1.06. The van der Waals surface area contributed by atoms with Crippen molar-refractivity contribution in [3.63, 3.8) is 0 Å². The number of ether oxygens (including phenoxy) is 1. The molecule has 1 N–H and O–H groups in total. The molecule has 1 aliphatic rings. The Morgan fingerprint density at radius 3 is 2.58 bits per heavy atom. The van der Waals surface area contributed by atoms with Crippen LogP contribution >= 0.6 is 11.6 Å². The fourth-order valence-corrected chi connectivity index (χ4v) is 2.94. The standard InChI is InChI=1S/C18H28ClN5O2/c1-22(2)17(25)14-21-18(20-8-13-26-3)24-11-9-23(10-12-24)16-7-5-4-6-15(16)19/h4-7H,8-14H2,1-3H3,(H,20,21). The molecular weight excluding hydrogens is 354 g/mol. The Bertz CT molecular complexity index is 615. The maximum absolute atomic E-state index is 11.9. The van der Waals surface area contributed by atoms with E-state index in [1.54, 1.807) is 26.1 Å². The van der Waals surface area contributed by atoms with Crippen molar-refractivity contribution >= 4 is 29.2 Å². The number of carbonyl (C=O) groups is 1. The fourth-order valence-electron chi connectivity index (χ4n) is 2.68. The lowest BCUT2D eigenvalue weighted by Crippen LogP contribution is -2.53. The first kappa shape index (κ1) is 20.3. The maximum atomic E-state index is 11.9. The molecule has 144 valence electrons. The van der Waals surface area contributed by atoms with Crippen molar-refractivity contribution < 1.29 is 9.53 Å². The smallest absolute Gasteiger partial charge is 0.243 e. The van der Waals surface area contributed by atoms with E-state index in [-0.39, 0.29) is 12.5 Å². The lowest BCUT2D eigenvalue weighted by Gasteiger charge is -2.38. The van der Waals surface area contributed by atoms with E-state index in [0.717, 1.165) is 42.8 Å². The molecule has 1 aromatic carbocycles. The number of hydrogen-bond acceptors (Lipinski definition) is 4. The van der Waals surface area contributed by atoms with Gasteiger partial charge in [0.2, 0.25) is 5.91 Å². The SMILES string of the molecule is COCCNC(=NCC(=O)N(C)C)N1CCN(c2ccccc2Cl)CC1. The van der Waals surface area contributed by atoms with Crippen molar-refractivity contribution in [3.05, 3.63) is 29.3 Å². The average molecular weight is 382 g/mol. The number of para-hydroxylation sites is 1. The van der Waals surface area contributed by atoms with Crippen LogP contribution in [0.3, 0.4) is 0 Å². The Labute approximate surface area is 160 Å². The lowest BCUT2D eigenvalue weighted by atomic mass is 10.2. The number of methoxy groups -OCH3 is 1. The minimum absolute atomic E-state index is 0.0225. The van der Waals surface area contributed by atoms with Crippen LogP contribution in [0.4, 0.5) is 5.69 Å². The number of anilines is 1. The van der Waals surface area contributed by atoms with Gasteiger partial charge in [-0.1, -0.05) is 23.7 Å². The Kier molecular flexibility index (Phi) is 8.00. The van der Waals surface area contributed by atoms with Crippen LogP contribution < -0.4 is 10.2 Å². The molecule has 0 aliphatic carbocycles. The number of halogens is 1. The zero-order valence-electron chi connectivity index (χ0n) is 15.7. The Hall–Kier alpha value is -1.99. The summed E-state index contributed by atoms with van der Waals surface area (Å²) in [6.07, 6.45) is 0. The molecule has 2 rings (SSSR count). The molecule has 0 aromatic heterocycles.